The van der Waals surface area contributed by atoms with Gasteiger partial charge in [-0.2, -0.15) is 0 Å². The van der Waals surface area contributed by atoms with Gasteiger partial charge in [-0.05, 0) is 53.8 Å². The van der Waals surface area contributed by atoms with Crippen molar-refractivity contribution in [3.8, 4) is 0 Å². The Morgan fingerprint density at radius 2 is 1.24 bits per heavy atom. The van der Waals surface area contributed by atoms with Crippen LogP contribution in [0.3, 0.4) is 0 Å². The first-order valence-corrected chi connectivity index (χ1v) is 8.41. The molecule has 0 saturated heterocycles. The number of esters is 1. The van der Waals surface area contributed by atoms with Crippen molar-refractivity contribution >= 4 is 5.97 Å². The third-order valence-corrected chi connectivity index (χ3v) is 4.66. The van der Waals surface area contributed by atoms with Crippen molar-refractivity contribution in [3.63, 3.8) is 0 Å². The minimum absolute atomic E-state index is 0.133. The SMILES string of the molecule is COC(=O)c1ccc(C(c2ccccc2C)c2ccccc2C)cc1. The van der Waals surface area contributed by atoms with Crippen molar-refractivity contribution in [2.75, 3.05) is 7.11 Å². The Bertz CT molecular complexity index is 833. The third kappa shape index (κ3) is 3.48. The average Bonchev–Trinajstić information content (AvgIpc) is 2.65. The minimum Gasteiger partial charge on any atom is -0.465 e. The van der Waals surface area contributed by atoms with Gasteiger partial charge in [-0.25, -0.2) is 4.79 Å². The monoisotopic (exact) mass is 330 g/mol. The second-order valence-corrected chi connectivity index (χ2v) is 6.26. The summed E-state index contributed by atoms with van der Waals surface area (Å²) >= 11 is 0. The molecule has 3 rings (SSSR count). The van der Waals surface area contributed by atoms with E-state index in [1.165, 1.54) is 29.4 Å². The maximum atomic E-state index is 11.7. The van der Waals surface area contributed by atoms with Gasteiger partial charge in [0.15, 0.2) is 0 Å². The van der Waals surface area contributed by atoms with Crippen LogP contribution in [0.25, 0.3) is 0 Å². The Kier molecular flexibility index (Phi) is 4.99. The number of carbonyl (C=O) groups excluding carboxylic acids is 1. The van der Waals surface area contributed by atoms with Crippen molar-refractivity contribution < 1.29 is 9.53 Å². The molecule has 3 aromatic rings. The Labute approximate surface area is 149 Å². The third-order valence-electron chi connectivity index (χ3n) is 4.66. The largest absolute Gasteiger partial charge is 0.465 e. The molecule has 0 radical (unpaired) electrons. The van der Waals surface area contributed by atoms with E-state index in [0.717, 1.165) is 5.56 Å². The van der Waals surface area contributed by atoms with Gasteiger partial charge in [0, 0.05) is 5.92 Å². The number of hydrogen-bond donors (Lipinski definition) is 0. The number of hydrogen-bond acceptors (Lipinski definition) is 2. The Balaban J connectivity index is 2.14. The summed E-state index contributed by atoms with van der Waals surface area (Å²) < 4.78 is 4.81. The molecule has 2 nitrogen and oxygen atoms in total. The molecule has 2 heteroatoms. The maximum absolute atomic E-state index is 11.7. The van der Waals surface area contributed by atoms with E-state index >= 15 is 0 Å². The number of aryl methyl sites for hydroxylation is 2. The van der Waals surface area contributed by atoms with E-state index in [0.29, 0.717) is 5.56 Å². The predicted octanol–water partition coefficient (Wildman–Crippen LogP) is 5.27. The van der Waals surface area contributed by atoms with Gasteiger partial charge in [-0.1, -0.05) is 60.7 Å². The molecule has 0 unspecified atom stereocenters. The molecular weight excluding hydrogens is 308 g/mol. The Morgan fingerprint density at radius 3 is 1.68 bits per heavy atom. The van der Waals surface area contributed by atoms with E-state index in [1.807, 2.05) is 24.3 Å². The summed E-state index contributed by atoms with van der Waals surface area (Å²) in [4.78, 5) is 11.7. The highest BCUT2D eigenvalue weighted by Crippen LogP contribution is 2.35. The summed E-state index contributed by atoms with van der Waals surface area (Å²) in [6, 6.07) is 24.7. The zero-order valence-corrected chi connectivity index (χ0v) is 14.8. The van der Waals surface area contributed by atoms with Crippen LogP contribution in [-0.4, -0.2) is 13.1 Å². The minimum atomic E-state index is -0.310. The van der Waals surface area contributed by atoms with Crippen LogP contribution >= 0.6 is 0 Å². The molecule has 0 N–H and O–H groups in total. The van der Waals surface area contributed by atoms with Gasteiger partial charge < -0.3 is 4.74 Å². The summed E-state index contributed by atoms with van der Waals surface area (Å²) in [5.74, 6) is -0.177. The van der Waals surface area contributed by atoms with Crippen molar-refractivity contribution in [2.45, 2.75) is 19.8 Å². The molecule has 0 bridgehead atoms. The summed E-state index contributed by atoms with van der Waals surface area (Å²) in [5.41, 5.74) is 6.81. The van der Waals surface area contributed by atoms with Gasteiger partial charge in [-0.3, -0.25) is 0 Å². The normalized spacial score (nSPS) is 10.7. The molecule has 0 aliphatic heterocycles. The van der Waals surface area contributed by atoms with Crippen molar-refractivity contribution in [1.82, 2.24) is 0 Å². The fourth-order valence-corrected chi connectivity index (χ4v) is 3.28. The van der Waals surface area contributed by atoms with Gasteiger partial charge >= 0.3 is 5.97 Å². The number of methoxy groups -OCH3 is 1. The lowest BCUT2D eigenvalue weighted by Crippen LogP contribution is -2.08. The zero-order chi connectivity index (χ0) is 17.8. The molecule has 0 aliphatic rings. The average molecular weight is 330 g/mol. The molecule has 0 atom stereocenters. The number of benzene rings is 3. The highest BCUT2D eigenvalue weighted by Gasteiger charge is 2.20. The number of ether oxygens (including phenoxy) is 1. The lowest BCUT2D eigenvalue weighted by molar-refractivity contribution is 0.0600. The van der Waals surface area contributed by atoms with Gasteiger partial charge in [0.05, 0.1) is 12.7 Å². The standard InChI is InChI=1S/C23H22O2/c1-16-8-4-6-10-20(16)22(21-11-7-5-9-17(21)2)18-12-14-19(15-13-18)23(24)25-3/h4-15,22H,1-3H3. The second kappa shape index (κ2) is 7.35. The second-order valence-electron chi connectivity index (χ2n) is 6.26. The molecule has 0 saturated carbocycles. The molecule has 126 valence electrons. The van der Waals surface area contributed by atoms with Gasteiger partial charge in [0.2, 0.25) is 0 Å². The lowest BCUT2D eigenvalue weighted by Gasteiger charge is -2.22. The van der Waals surface area contributed by atoms with Crippen LogP contribution in [0, 0.1) is 13.8 Å². The van der Waals surface area contributed by atoms with Crippen LogP contribution in [0.5, 0.6) is 0 Å². The first-order valence-electron chi connectivity index (χ1n) is 8.41. The topological polar surface area (TPSA) is 26.3 Å². The van der Waals surface area contributed by atoms with Crippen LogP contribution in [-0.2, 0) is 4.74 Å². The number of carbonyl (C=O) groups is 1. The molecule has 0 spiro atoms. The van der Waals surface area contributed by atoms with E-state index in [-0.39, 0.29) is 11.9 Å². The van der Waals surface area contributed by atoms with E-state index < -0.39 is 0 Å². The zero-order valence-electron chi connectivity index (χ0n) is 14.8. The lowest BCUT2D eigenvalue weighted by atomic mass is 9.81. The predicted molar refractivity (Wildman–Crippen MR) is 101 cm³/mol. The molecule has 25 heavy (non-hydrogen) atoms. The molecule has 0 amide bonds. The maximum Gasteiger partial charge on any atom is 0.337 e. The van der Waals surface area contributed by atoms with E-state index in [1.54, 1.807) is 0 Å². The van der Waals surface area contributed by atoms with E-state index in [2.05, 4.69) is 62.4 Å². The van der Waals surface area contributed by atoms with Crippen LogP contribution in [0.4, 0.5) is 0 Å². The highest BCUT2D eigenvalue weighted by atomic mass is 16.5. The molecular formula is C23H22O2. The van der Waals surface area contributed by atoms with Crippen LogP contribution in [0.2, 0.25) is 0 Å². The first-order chi connectivity index (χ1) is 12.1. The van der Waals surface area contributed by atoms with Crippen molar-refractivity contribution in [2.24, 2.45) is 0 Å². The number of rotatable bonds is 4. The van der Waals surface area contributed by atoms with Gasteiger partial charge in [0.1, 0.15) is 0 Å². The molecule has 3 aromatic carbocycles. The quantitative estimate of drug-likeness (QED) is 0.481. The highest BCUT2D eigenvalue weighted by molar-refractivity contribution is 5.89. The van der Waals surface area contributed by atoms with E-state index in [4.69, 9.17) is 4.74 Å². The molecule has 0 aromatic heterocycles. The van der Waals surface area contributed by atoms with Crippen LogP contribution in [0.15, 0.2) is 72.8 Å². The summed E-state index contributed by atoms with van der Waals surface area (Å²) in [6.45, 7) is 4.28. The fraction of sp³-hybridized carbons (Fsp3) is 0.174. The summed E-state index contributed by atoms with van der Waals surface area (Å²) in [6.07, 6.45) is 0. The van der Waals surface area contributed by atoms with Gasteiger partial charge in [0.25, 0.3) is 0 Å². The van der Waals surface area contributed by atoms with E-state index in [9.17, 15) is 4.79 Å². The van der Waals surface area contributed by atoms with Crippen LogP contribution in [0.1, 0.15) is 44.1 Å². The smallest absolute Gasteiger partial charge is 0.337 e. The summed E-state index contributed by atoms with van der Waals surface area (Å²) in [7, 11) is 1.40. The van der Waals surface area contributed by atoms with Gasteiger partial charge in [-0.15, -0.1) is 0 Å². The Morgan fingerprint density at radius 1 is 0.760 bits per heavy atom. The summed E-state index contributed by atoms with van der Waals surface area (Å²) in [5, 5.41) is 0. The first kappa shape index (κ1) is 17.0. The van der Waals surface area contributed by atoms with Crippen molar-refractivity contribution in [3.05, 3.63) is 106 Å². The molecule has 0 aliphatic carbocycles. The molecule has 0 heterocycles. The van der Waals surface area contributed by atoms with Crippen LogP contribution < -0.4 is 0 Å². The Hall–Kier alpha value is -2.87. The molecule has 0 fully saturated rings. The fourth-order valence-electron chi connectivity index (χ4n) is 3.28. The van der Waals surface area contributed by atoms with Crippen molar-refractivity contribution in [1.29, 1.82) is 0 Å².